The van der Waals surface area contributed by atoms with E-state index < -0.39 is 0 Å². The predicted molar refractivity (Wildman–Crippen MR) is 65.3 cm³/mol. The minimum Gasteiger partial charge on any atom is -0.491 e. The van der Waals surface area contributed by atoms with Gasteiger partial charge in [-0.2, -0.15) is 0 Å². The quantitative estimate of drug-likeness (QED) is 0.834. The van der Waals surface area contributed by atoms with Gasteiger partial charge in [-0.15, -0.1) is 0 Å². The Labute approximate surface area is 101 Å². The van der Waals surface area contributed by atoms with Gasteiger partial charge in [0.15, 0.2) is 0 Å². The maximum Gasteiger partial charge on any atom is 0.119 e. The zero-order valence-corrected chi connectivity index (χ0v) is 10.1. The molecule has 0 radical (unpaired) electrons. The van der Waals surface area contributed by atoms with E-state index in [0.29, 0.717) is 6.61 Å². The Hall–Kier alpha value is -1.52. The van der Waals surface area contributed by atoms with Crippen LogP contribution in [0.25, 0.3) is 5.70 Å². The summed E-state index contributed by atoms with van der Waals surface area (Å²) in [6, 6.07) is 7.66. The van der Waals surface area contributed by atoms with Gasteiger partial charge < -0.3 is 9.84 Å². The largest absolute Gasteiger partial charge is 0.491 e. The molecule has 0 saturated heterocycles. The van der Waals surface area contributed by atoms with Crippen molar-refractivity contribution in [3.8, 4) is 5.75 Å². The lowest BCUT2D eigenvalue weighted by Gasteiger charge is -2.11. The van der Waals surface area contributed by atoms with Crippen LogP contribution in [-0.4, -0.2) is 23.9 Å². The van der Waals surface area contributed by atoms with Crippen LogP contribution in [0.5, 0.6) is 5.75 Å². The number of hydrogen-bond donors (Lipinski definition) is 2. The summed E-state index contributed by atoms with van der Waals surface area (Å²) in [4.78, 5) is 5.40. The number of nitrogens with one attached hydrogen (secondary N) is 1. The monoisotopic (exact) mass is 235 g/mol. The van der Waals surface area contributed by atoms with E-state index in [9.17, 15) is 0 Å². The van der Waals surface area contributed by atoms with Crippen LogP contribution >= 0.6 is 0 Å². The topological polar surface area (TPSA) is 50.7 Å². The van der Waals surface area contributed by atoms with Gasteiger partial charge in [0, 0.05) is 0 Å². The zero-order chi connectivity index (χ0) is 12.3. The average molecular weight is 235 g/mol. The summed E-state index contributed by atoms with van der Waals surface area (Å²) >= 11 is 0. The van der Waals surface area contributed by atoms with Crippen molar-refractivity contribution in [1.29, 1.82) is 0 Å². The molecule has 4 nitrogen and oxygen atoms in total. The van der Waals surface area contributed by atoms with Crippen molar-refractivity contribution in [2.75, 3.05) is 13.2 Å². The Bertz CT molecular complexity index is 409. The molecule has 4 heteroatoms. The summed E-state index contributed by atoms with van der Waals surface area (Å²) in [5.74, 6) is 0.751. The Morgan fingerprint density at radius 1 is 1.29 bits per heavy atom. The highest BCUT2D eigenvalue weighted by atomic mass is 16.7. The fraction of sp³-hybridized carbons (Fsp3) is 0.385. The summed E-state index contributed by atoms with van der Waals surface area (Å²) in [5, 5.41) is 8.65. The van der Waals surface area contributed by atoms with Crippen LogP contribution in [0, 0.1) is 0 Å². The van der Waals surface area contributed by atoms with Crippen LogP contribution in [0.2, 0.25) is 0 Å². The van der Waals surface area contributed by atoms with Crippen LogP contribution < -0.4 is 10.2 Å². The minimum atomic E-state index is -0.276. The average Bonchev–Trinajstić information content (AvgIpc) is 2.68. The maximum absolute atomic E-state index is 8.65. The van der Waals surface area contributed by atoms with E-state index in [-0.39, 0.29) is 12.2 Å². The minimum absolute atomic E-state index is 0.0243. The van der Waals surface area contributed by atoms with Crippen LogP contribution in [0.3, 0.4) is 0 Å². The summed E-state index contributed by atoms with van der Waals surface area (Å²) in [7, 11) is 0. The molecule has 1 heterocycles. The highest BCUT2D eigenvalue weighted by molar-refractivity contribution is 5.66. The molecule has 0 aliphatic carbocycles. The van der Waals surface area contributed by atoms with Crippen molar-refractivity contribution in [1.82, 2.24) is 5.48 Å². The van der Waals surface area contributed by atoms with E-state index in [2.05, 4.69) is 5.48 Å². The number of hydrogen-bond acceptors (Lipinski definition) is 4. The molecule has 0 fully saturated rings. The molecular formula is C13H17NO3. The first-order chi connectivity index (χ1) is 8.11. The van der Waals surface area contributed by atoms with Crippen LogP contribution in [0.1, 0.15) is 19.4 Å². The lowest BCUT2D eigenvalue weighted by molar-refractivity contribution is -0.00839. The van der Waals surface area contributed by atoms with Crippen molar-refractivity contribution in [2.24, 2.45) is 0 Å². The molecule has 1 aromatic carbocycles. The molecule has 1 aliphatic rings. The molecular weight excluding hydrogens is 218 g/mol. The van der Waals surface area contributed by atoms with Crippen molar-refractivity contribution in [3.05, 3.63) is 35.9 Å². The van der Waals surface area contributed by atoms with Gasteiger partial charge in [-0.1, -0.05) is 0 Å². The third kappa shape index (κ3) is 2.99. The lowest BCUT2D eigenvalue weighted by atomic mass is 10.1. The van der Waals surface area contributed by atoms with Gasteiger partial charge in [-0.25, -0.2) is 0 Å². The second kappa shape index (κ2) is 4.77. The number of ether oxygens (including phenoxy) is 1. The zero-order valence-electron chi connectivity index (χ0n) is 10.1. The Balaban J connectivity index is 2.08. The molecule has 1 aliphatic heterocycles. The first-order valence-corrected chi connectivity index (χ1v) is 5.62. The normalized spacial score (nSPS) is 17.5. The summed E-state index contributed by atoms with van der Waals surface area (Å²) in [6.45, 7) is 4.32. The lowest BCUT2D eigenvalue weighted by Crippen LogP contribution is -2.20. The van der Waals surface area contributed by atoms with Gasteiger partial charge >= 0.3 is 0 Å². The van der Waals surface area contributed by atoms with E-state index in [4.69, 9.17) is 14.7 Å². The second-order valence-electron chi connectivity index (χ2n) is 4.46. The number of rotatable bonds is 4. The summed E-state index contributed by atoms with van der Waals surface area (Å²) in [5.41, 5.74) is 4.64. The van der Waals surface area contributed by atoms with E-state index in [1.807, 2.05) is 44.2 Å². The van der Waals surface area contributed by atoms with Gasteiger partial charge in [0.05, 0.1) is 12.3 Å². The first-order valence-electron chi connectivity index (χ1n) is 5.62. The van der Waals surface area contributed by atoms with Crippen molar-refractivity contribution in [2.45, 2.75) is 19.4 Å². The number of aliphatic hydroxyl groups excluding tert-OH is 1. The molecule has 17 heavy (non-hydrogen) atoms. The molecule has 0 atom stereocenters. The Kier molecular flexibility index (Phi) is 3.36. The molecule has 0 amide bonds. The van der Waals surface area contributed by atoms with Crippen molar-refractivity contribution >= 4 is 5.70 Å². The van der Waals surface area contributed by atoms with Gasteiger partial charge in [0.1, 0.15) is 18.0 Å². The fourth-order valence-corrected chi connectivity index (χ4v) is 1.63. The number of aliphatic hydroxyl groups is 1. The summed E-state index contributed by atoms with van der Waals surface area (Å²) in [6.07, 6.45) is 2.04. The molecule has 92 valence electrons. The summed E-state index contributed by atoms with van der Waals surface area (Å²) < 4.78 is 5.29. The highest BCUT2D eigenvalue weighted by Crippen LogP contribution is 2.26. The van der Waals surface area contributed by atoms with E-state index in [1.54, 1.807) is 0 Å². The SMILES string of the molecule is CC1(C)C=C(c2ccc(OCCO)cc2)NO1. The molecule has 2 rings (SSSR count). The third-order valence-electron chi connectivity index (χ3n) is 2.44. The van der Waals surface area contributed by atoms with E-state index >= 15 is 0 Å². The standard InChI is InChI=1S/C13H17NO3/c1-13(2)9-12(14-17-13)10-3-5-11(6-4-10)16-8-7-15/h3-6,9,14-15H,7-8H2,1-2H3. The molecule has 0 spiro atoms. The molecule has 0 unspecified atom stereocenters. The van der Waals surface area contributed by atoms with Crippen LogP contribution in [0.15, 0.2) is 30.3 Å². The fourth-order valence-electron chi connectivity index (χ4n) is 1.63. The Morgan fingerprint density at radius 3 is 2.53 bits per heavy atom. The van der Waals surface area contributed by atoms with Crippen molar-refractivity contribution < 1.29 is 14.7 Å². The van der Waals surface area contributed by atoms with E-state index in [1.165, 1.54) is 0 Å². The van der Waals surface area contributed by atoms with Gasteiger partial charge in [0.25, 0.3) is 0 Å². The van der Waals surface area contributed by atoms with Gasteiger partial charge in [-0.05, 0) is 49.8 Å². The molecule has 0 aromatic heterocycles. The first kappa shape index (κ1) is 12.0. The highest BCUT2D eigenvalue weighted by Gasteiger charge is 2.24. The molecule has 1 aromatic rings. The number of benzene rings is 1. The molecule has 0 saturated carbocycles. The van der Waals surface area contributed by atoms with Gasteiger partial charge in [0.2, 0.25) is 0 Å². The van der Waals surface area contributed by atoms with E-state index in [0.717, 1.165) is 17.0 Å². The van der Waals surface area contributed by atoms with Crippen LogP contribution in [-0.2, 0) is 4.84 Å². The third-order valence-corrected chi connectivity index (χ3v) is 2.44. The molecule has 0 bridgehead atoms. The Morgan fingerprint density at radius 2 is 2.00 bits per heavy atom. The maximum atomic E-state index is 8.65. The van der Waals surface area contributed by atoms with Crippen molar-refractivity contribution in [3.63, 3.8) is 0 Å². The predicted octanol–water partition coefficient (Wildman–Crippen LogP) is 1.71. The second-order valence-corrected chi connectivity index (χ2v) is 4.46. The van der Waals surface area contributed by atoms with Gasteiger partial charge in [-0.3, -0.25) is 10.3 Å². The van der Waals surface area contributed by atoms with Crippen LogP contribution in [0.4, 0.5) is 0 Å². The smallest absolute Gasteiger partial charge is 0.119 e. The number of hydroxylamine groups is 1. The molecule has 2 N–H and O–H groups in total.